The number of nitrogens with zero attached hydrogens (tertiary/aromatic N) is 2. The fourth-order valence-electron chi connectivity index (χ4n) is 3.40. The van der Waals surface area contributed by atoms with Gasteiger partial charge in [-0.3, -0.25) is 10.1 Å². The van der Waals surface area contributed by atoms with E-state index < -0.39 is 0 Å². The first-order valence-corrected chi connectivity index (χ1v) is 7.94. The van der Waals surface area contributed by atoms with Crippen LogP contribution < -0.4 is 5.32 Å². The smallest absolute Gasteiger partial charge is 0.241 e. The number of piperidine rings is 1. The molecule has 2 fully saturated rings. The van der Waals surface area contributed by atoms with Gasteiger partial charge in [-0.1, -0.05) is 26.7 Å². The van der Waals surface area contributed by atoms with Crippen LogP contribution in [0, 0.1) is 0 Å². The van der Waals surface area contributed by atoms with E-state index in [4.69, 9.17) is 0 Å². The largest absolute Gasteiger partial charge is 0.324 e. The van der Waals surface area contributed by atoms with Gasteiger partial charge in [0.05, 0.1) is 12.2 Å². The maximum absolute atomic E-state index is 12.5. The van der Waals surface area contributed by atoms with E-state index in [1.807, 2.05) is 0 Å². The first-order chi connectivity index (χ1) is 9.17. The summed E-state index contributed by atoms with van der Waals surface area (Å²) in [5.74, 6) is 0.327. The predicted octanol–water partition coefficient (Wildman–Crippen LogP) is 1.81. The highest BCUT2D eigenvalue weighted by Crippen LogP contribution is 2.22. The Hall–Kier alpha value is -0.610. The molecule has 1 amide bonds. The van der Waals surface area contributed by atoms with Crippen LogP contribution >= 0.6 is 0 Å². The Morgan fingerprint density at radius 2 is 2.11 bits per heavy atom. The van der Waals surface area contributed by atoms with E-state index in [0.717, 1.165) is 25.8 Å². The Morgan fingerprint density at radius 3 is 2.74 bits per heavy atom. The van der Waals surface area contributed by atoms with Crippen LogP contribution in [0.4, 0.5) is 0 Å². The predicted molar refractivity (Wildman–Crippen MR) is 77.9 cm³/mol. The lowest BCUT2D eigenvalue weighted by Crippen LogP contribution is -2.48. The topological polar surface area (TPSA) is 35.6 Å². The summed E-state index contributed by atoms with van der Waals surface area (Å²) in [6.07, 6.45) is 7.12. The molecule has 0 spiro atoms. The molecular formula is C15H29N3O. The zero-order chi connectivity index (χ0) is 13.8. The van der Waals surface area contributed by atoms with Gasteiger partial charge in [0.25, 0.3) is 0 Å². The molecule has 3 unspecified atom stereocenters. The van der Waals surface area contributed by atoms with E-state index in [9.17, 15) is 4.79 Å². The molecule has 0 radical (unpaired) electrons. The van der Waals surface area contributed by atoms with E-state index in [-0.39, 0.29) is 12.2 Å². The molecule has 1 N–H and O–H groups in total. The molecule has 0 aromatic carbocycles. The van der Waals surface area contributed by atoms with E-state index >= 15 is 0 Å². The SMILES string of the molecule is CCCC1NC(CC)N(CC2CCCCN2C)C1=O. The number of carbonyl (C=O) groups is 1. The minimum Gasteiger partial charge on any atom is -0.324 e. The van der Waals surface area contributed by atoms with Gasteiger partial charge in [0.2, 0.25) is 5.91 Å². The van der Waals surface area contributed by atoms with Gasteiger partial charge in [-0.25, -0.2) is 0 Å². The Morgan fingerprint density at radius 1 is 1.32 bits per heavy atom. The van der Waals surface area contributed by atoms with Gasteiger partial charge in [0, 0.05) is 12.6 Å². The van der Waals surface area contributed by atoms with Gasteiger partial charge >= 0.3 is 0 Å². The number of nitrogens with one attached hydrogen (secondary N) is 1. The van der Waals surface area contributed by atoms with Crippen molar-refractivity contribution in [2.75, 3.05) is 20.1 Å². The van der Waals surface area contributed by atoms with Crippen LogP contribution in [0.5, 0.6) is 0 Å². The molecule has 0 saturated carbocycles. The van der Waals surface area contributed by atoms with Crippen molar-refractivity contribution in [1.29, 1.82) is 0 Å². The molecule has 2 aliphatic rings. The van der Waals surface area contributed by atoms with E-state index in [2.05, 4.69) is 36.0 Å². The second-order valence-corrected chi connectivity index (χ2v) is 6.05. The average molecular weight is 267 g/mol. The highest BCUT2D eigenvalue weighted by atomic mass is 16.2. The molecular weight excluding hydrogens is 238 g/mol. The fourth-order valence-corrected chi connectivity index (χ4v) is 3.40. The average Bonchev–Trinajstić information content (AvgIpc) is 2.70. The highest BCUT2D eigenvalue weighted by molar-refractivity contribution is 5.84. The summed E-state index contributed by atoms with van der Waals surface area (Å²) in [6.45, 7) is 6.39. The Bertz CT molecular complexity index is 308. The molecule has 0 aliphatic carbocycles. The zero-order valence-electron chi connectivity index (χ0n) is 12.7. The molecule has 4 heteroatoms. The second-order valence-electron chi connectivity index (χ2n) is 6.05. The van der Waals surface area contributed by atoms with Gasteiger partial charge in [0.15, 0.2) is 0 Å². The van der Waals surface area contributed by atoms with Gasteiger partial charge in [-0.05, 0) is 39.3 Å². The molecule has 19 heavy (non-hydrogen) atoms. The summed E-state index contributed by atoms with van der Waals surface area (Å²) in [4.78, 5) is 17.0. The fraction of sp³-hybridized carbons (Fsp3) is 0.933. The van der Waals surface area contributed by atoms with Gasteiger partial charge in [0.1, 0.15) is 0 Å². The summed E-state index contributed by atoms with van der Waals surface area (Å²) in [5.41, 5.74) is 0. The summed E-state index contributed by atoms with van der Waals surface area (Å²) in [6, 6.07) is 0.609. The zero-order valence-corrected chi connectivity index (χ0v) is 12.7. The van der Waals surface area contributed by atoms with E-state index in [1.165, 1.54) is 25.8 Å². The molecule has 0 bridgehead atoms. The Balaban J connectivity index is 1.98. The molecule has 2 saturated heterocycles. The van der Waals surface area contributed by atoms with Crippen molar-refractivity contribution >= 4 is 5.91 Å². The molecule has 4 nitrogen and oxygen atoms in total. The van der Waals surface area contributed by atoms with Gasteiger partial charge < -0.3 is 9.80 Å². The van der Waals surface area contributed by atoms with Gasteiger partial charge in [-0.2, -0.15) is 0 Å². The number of rotatable bonds is 5. The molecule has 110 valence electrons. The van der Waals surface area contributed by atoms with Crippen LogP contribution in [-0.2, 0) is 4.79 Å². The first-order valence-electron chi connectivity index (χ1n) is 7.94. The van der Waals surface area contributed by atoms with Crippen molar-refractivity contribution in [2.45, 2.75) is 70.6 Å². The second kappa shape index (κ2) is 6.71. The van der Waals surface area contributed by atoms with Crippen LogP contribution in [0.3, 0.4) is 0 Å². The Labute approximate surface area is 117 Å². The quantitative estimate of drug-likeness (QED) is 0.825. The van der Waals surface area contributed by atoms with Crippen LogP contribution in [0.2, 0.25) is 0 Å². The van der Waals surface area contributed by atoms with Crippen molar-refractivity contribution in [3.8, 4) is 0 Å². The van der Waals surface area contributed by atoms with Crippen molar-refractivity contribution in [3.63, 3.8) is 0 Å². The van der Waals surface area contributed by atoms with Gasteiger partial charge in [-0.15, -0.1) is 0 Å². The van der Waals surface area contributed by atoms with Crippen molar-refractivity contribution < 1.29 is 4.79 Å². The lowest BCUT2D eigenvalue weighted by Gasteiger charge is -2.36. The summed E-state index contributed by atoms with van der Waals surface area (Å²) in [5, 5.41) is 3.50. The number of amides is 1. The van der Waals surface area contributed by atoms with E-state index in [0.29, 0.717) is 11.9 Å². The molecule has 2 heterocycles. The third kappa shape index (κ3) is 3.29. The van der Waals surface area contributed by atoms with E-state index in [1.54, 1.807) is 0 Å². The standard InChI is InChI=1S/C15H29N3O/c1-4-8-13-15(19)18(14(5-2)16-13)11-12-9-6-7-10-17(12)3/h12-14,16H,4-11H2,1-3H3. The van der Waals surface area contributed by atoms with Crippen LogP contribution in [-0.4, -0.2) is 54.1 Å². The van der Waals surface area contributed by atoms with Crippen molar-refractivity contribution in [2.24, 2.45) is 0 Å². The molecule has 0 aromatic heterocycles. The summed E-state index contributed by atoms with van der Waals surface area (Å²) >= 11 is 0. The number of carbonyl (C=O) groups excluding carboxylic acids is 1. The lowest BCUT2D eigenvalue weighted by atomic mass is 10.0. The summed E-state index contributed by atoms with van der Waals surface area (Å²) in [7, 11) is 2.20. The normalized spacial score (nSPS) is 33.1. The lowest BCUT2D eigenvalue weighted by molar-refractivity contribution is -0.131. The number of likely N-dealkylation sites (tertiary alicyclic amines) is 1. The third-order valence-corrected chi connectivity index (χ3v) is 4.64. The minimum absolute atomic E-state index is 0.0591. The molecule has 2 rings (SSSR count). The number of likely N-dealkylation sites (N-methyl/N-ethyl adjacent to an activating group) is 1. The molecule has 0 aromatic rings. The first kappa shape index (κ1) is 14.8. The van der Waals surface area contributed by atoms with Crippen LogP contribution in [0.25, 0.3) is 0 Å². The minimum atomic E-state index is 0.0591. The highest BCUT2D eigenvalue weighted by Gasteiger charge is 2.38. The maximum atomic E-state index is 12.5. The molecule has 2 aliphatic heterocycles. The molecule has 3 atom stereocenters. The maximum Gasteiger partial charge on any atom is 0.241 e. The Kier molecular flexibility index (Phi) is 5.22. The number of hydrogen-bond donors (Lipinski definition) is 1. The third-order valence-electron chi connectivity index (χ3n) is 4.64. The van der Waals surface area contributed by atoms with Crippen molar-refractivity contribution in [1.82, 2.24) is 15.1 Å². The number of hydrogen-bond acceptors (Lipinski definition) is 3. The monoisotopic (exact) mass is 267 g/mol. The van der Waals surface area contributed by atoms with Crippen molar-refractivity contribution in [3.05, 3.63) is 0 Å². The summed E-state index contributed by atoms with van der Waals surface area (Å²) < 4.78 is 0. The van der Waals surface area contributed by atoms with Crippen LogP contribution in [0.1, 0.15) is 52.4 Å². The van der Waals surface area contributed by atoms with Crippen LogP contribution in [0.15, 0.2) is 0 Å².